The SMILES string of the molecule is COc1ccc(CNCC(C)CSC)c(F)c1. The summed E-state index contributed by atoms with van der Waals surface area (Å²) in [4.78, 5) is 0. The molecule has 0 bridgehead atoms. The molecule has 0 aliphatic heterocycles. The third-order valence-electron chi connectivity index (χ3n) is 2.52. The highest BCUT2D eigenvalue weighted by atomic mass is 32.2. The third kappa shape index (κ3) is 4.96. The van der Waals surface area contributed by atoms with Gasteiger partial charge in [-0.2, -0.15) is 11.8 Å². The summed E-state index contributed by atoms with van der Waals surface area (Å²) in [5.41, 5.74) is 0.683. The van der Waals surface area contributed by atoms with Gasteiger partial charge in [-0.1, -0.05) is 13.0 Å². The van der Waals surface area contributed by atoms with E-state index in [0.717, 1.165) is 12.3 Å². The fraction of sp³-hybridized carbons (Fsp3) is 0.538. The predicted molar refractivity (Wildman–Crippen MR) is 72.2 cm³/mol. The molecule has 2 nitrogen and oxygen atoms in total. The van der Waals surface area contributed by atoms with Crippen LogP contribution in [-0.2, 0) is 6.54 Å². The van der Waals surface area contributed by atoms with Gasteiger partial charge in [-0.25, -0.2) is 4.39 Å². The van der Waals surface area contributed by atoms with Gasteiger partial charge in [-0.3, -0.25) is 0 Å². The molecule has 0 aliphatic rings. The first-order valence-electron chi connectivity index (χ1n) is 5.69. The van der Waals surface area contributed by atoms with Crippen molar-refractivity contribution in [2.45, 2.75) is 13.5 Å². The molecule has 0 fully saturated rings. The smallest absolute Gasteiger partial charge is 0.131 e. The summed E-state index contributed by atoms with van der Waals surface area (Å²) in [5.74, 6) is 2.07. The Hall–Kier alpha value is -0.740. The monoisotopic (exact) mass is 257 g/mol. The van der Waals surface area contributed by atoms with Gasteiger partial charge in [-0.05, 0) is 30.5 Å². The largest absolute Gasteiger partial charge is 0.497 e. The Balaban J connectivity index is 2.41. The molecule has 1 unspecified atom stereocenters. The van der Waals surface area contributed by atoms with E-state index in [0.29, 0.717) is 23.8 Å². The maximum absolute atomic E-state index is 13.6. The van der Waals surface area contributed by atoms with Crippen LogP contribution in [-0.4, -0.2) is 25.7 Å². The van der Waals surface area contributed by atoms with Gasteiger partial charge < -0.3 is 10.1 Å². The van der Waals surface area contributed by atoms with Gasteiger partial charge in [-0.15, -0.1) is 0 Å². The van der Waals surface area contributed by atoms with Gasteiger partial charge in [0.25, 0.3) is 0 Å². The summed E-state index contributed by atoms with van der Waals surface area (Å²) < 4.78 is 18.5. The molecule has 1 rings (SSSR count). The van der Waals surface area contributed by atoms with E-state index < -0.39 is 0 Å². The van der Waals surface area contributed by atoms with Crippen LogP contribution in [0.3, 0.4) is 0 Å². The fourth-order valence-electron chi connectivity index (χ4n) is 1.60. The molecule has 1 N–H and O–H groups in total. The van der Waals surface area contributed by atoms with Crippen LogP contribution in [0.2, 0.25) is 0 Å². The van der Waals surface area contributed by atoms with E-state index >= 15 is 0 Å². The van der Waals surface area contributed by atoms with Gasteiger partial charge >= 0.3 is 0 Å². The zero-order chi connectivity index (χ0) is 12.7. The molecule has 1 aromatic rings. The number of hydrogen-bond donors (Lipinski definition) is 1. The minimum atomic E-state index is -0.214. The maximum atomic E-state index is 13.6. The van der Waals surface area contributed by atoms with Crippen LogP contribution in [0.5, 0.6) is 5.75 Å². The Labute approximate surface area is 107 Å². The molecule has 4 heteroatoms. The summed E-state index contributed by atoms with van der Waals surface area (Å²) in [6.45, 7) is 3.66. The average molecular weight is 257 g/mol. The van der Waals surface area contributed by atoms with Crippen LogP contribution in [0.15, 0.2) is 18.2 Å². The molecule has 17 heavy (non-hydrogen) atoms. The van der Waals surface area contributed by atoms with Gasteiger partial charge in [0.05, 0.1) is 7.11 Å². The highest BCUT2D eigenvalue weighted by molar-refractivity contribution is 7.98. The van der Waals surface area contributed by atoms with Crippen LogP contribution in [0.25, 0.3) is 0 Å². The number of thioether (sulfide) groups is 1. The van der Waals surface area contributed by atoms with Crippen molar-refractivity contribution < 1.29 is 9.13 Å². The lowest BCUT2D eigenvalue weighted by molar-refractivity contribution is 0.410. The molecule has 96 valence electrons. The second-order valence-electron chi connectivity index (χ2n) is 4.15. The van der Waals surface area contributed by atoms with Crippen LogP contribution < -0.4 is 10.1 Å². The molecule has 0 radical (unpaired) electrons. The van der Waals surface area contributed by atoms with E-state index in [4.69, 9.17) is 4.74 Å². The number of halogens is 1. The molecular formula is C13H20FNOS. The first kappa shape index (κ1) is 14.3. The second-order valence-corrected chi connectivity index (χ2v) is 5.06. The molecule has 0 aliphatic carbocycles. The number of hydrogen-bond acceptors (Lipinski definition) is 3. The van der Waals surface area contributed by atoms with Crippen LogP contribution in [0, 0.1) is 11.7 Å². The van der Waals surface area contributed by atoms with E-state index in [9.17, 15) is 4.39 Å². The maximum Gasteiger partial charge on any atom is 0.131 e. The highest BCUT2D eigenvalue weighted by Gasteiger charge is 2.05. The molecule has 1 atom stereocenters. The Bertz CT molecular complexity index is 346. The minimum Gasteiger partial charge on any atom is -0.497 e. The molecule has 0 spiro atoms. The lowest BCUT2D eigenvalue weighted by atomic mass is 10.2. The normalized spacial score (nSPS) is 12.5. The summed E-state index contributed by atoms with van der Waals surface area (Å²) >= 11 is 1.83. The van der Waals surface area contributed by atoms with E-state index in [1.54, 1.807) is 12.1 Å². The predicted octanol–water partition coefficient (Wildman–Crippen LogP) is 2.92. The van der Waals surface area contributed by atoms with Crippen LogP contribution in [0.4, 0.5) is 4.39 Å². The molecule has 0 saturated heterocycles. The topological polar surface area (TPSA) is 21.3 Å². The lowest BCUT2D eigenvalue weighted by Gasteiger charge is -2.11. The van der Waals surface area contributed by atoms with Crippen LogP contribution in [0.1, 0.15) is 12.5 Å². The lowest BCUT2D eigenvalue weighted by Crippen LogP contribution is -2.22. The van der Waals surface area contributed by atoms with Crippen molar-refractivity contribution >= 4 is 11.8 Å². The Morgan fingerprint density at radius 3 is 2.82 bits per heavy atom. The summed E-state index contributed by atoms with van der Waals surface area (Å²) in [5, 5.41) is 3.27. The van der Waals surface area contributed by atoms with E-state index in [1.165, 1.54) is 13.2 Å². The first-order valence-corrected chi connectivity index (χ1v) is 7.08. The van der Waals surface area contributed by atoms with Gasteiger partial charge in [0.1, 0.15) is 11.6 Å². The van der Waals surface area contributed by atoms with Crippen molar-refractivity contribution in [3.05, 3.63) is 29.6 Å². The number of methoxy groups -OCH3 is 1. The van der Waals surface area contributed by atoms with Crippen molar-refractivity contribution in [3.8, 4) is 5.75 Å². The van der Waals surface area contributed by atoms with Crippen LogP contribution >= 0.6 is 11.8 Å². The molecule has 1 aromatic carbocycles. The Morgan fingerprint density at radius 2 is 2.24 bits per heavy atom. The first-order chi connectivity index (χ1) is 8.17. The zero-order valence-corrected chi connectivity index (χ0v) is 11.4. The van der Waals surface area contributed by atoms with Crippen molar-refractivity contribution in [1.82, 2.24) is 5.32 Å². The zero-order valence-electron chi connectivity index (χ0n) is 10.6. The number of ether oxygens (including phenoxy) is 1. The number of nitrogens with one attached hydrogen (secondary N) is 1. The minimum absolute atomic E-state index is 0.214. The highest BCUT2D eigenvalue weighted by Crippen LogP contribution is 2.16. The molecule has 0 amide bonds. The van der Waals surface area contributed by atoms with Gasteiger partial charge in [0, 0.05) is 18.2 Å². The molecule has 0 saturated carbocycles. The van der Waals surface area contributed by atoms with Crippen molar-refractivity contribution in [3.63, 3.8) is 0 Å². The molecule has 0 heterocycles. The Kier molecular flexibility index (Phi) is 6.37. The standard InChI is InChI=1S/C13H20FNOS/c1-10(9-17-3)7-15-8-11-4-5-12(16-2)6-13(11)14/h4-6,10,15H,7-9H2,1-3H3. The van der Waals surface area contributed by atoms with E-state index in [1.807, 2.05) is 11.8 Å². The third-order valence-corrected chi connectivity index (χ3v) is 3.42. The van der Waals surface area contributed by atoms with Gasteiger partial charge in [0.15, 0.2) is 0 Å². The Morgan fingerprint density at radius 1 is 1.47 bits per heavy atom. The van der Waals surface area contributed by atoms with Crippen molar-refractivity contribution in [2.75, 3.05) is 25.7 Å². The number of benzene rings is 1. The number of rotatable bonds is 7. The molecule has 0 aromatic heterocycles. The summed E-state index contributed by atoms with van der Waals surface area (Å²) in [6, 6.07) is 4.97. The van der Waals surface area contributed by atoms with E-state index in [-0.39, 0.29) is 5.82 Å². The average Bonchev–Trinajstić information content (AvgIpc) is 2.31. The second kappa shape index (κ2) is 7.56. The molecular weight excluding hydrogens is 237 g/mol. The van der Waals surface area contributed by atoms with Gasteiger partial charge in [0.2, 0.25) is 0 Å². The summed E-state index contributed by atoms with van der Waals surface area (Å²) in [7, 11) is 1.54. The quantitative estimate of drug-likeness (QED) is 0.811. The van der Waals surface area contributed by atoms with Crippen molar-refractivity contribution in [1.29, 1.82) is 0 Å². The van der Waals surface area contributed by atoms with E-state index in [2.05, 4.69) is 18.5 Å². The van der Waals surface area contributed by atoms with Crippen molar-refractivity contribution in [2.24, 2.45) is 5.92 Å². The summed E-state index contributed by atoms with van der Waals surface area (Å²) in [6.07, 6.45) is 2.10. The fourth-order valence-corrected chi connectivity index (χ4v) is 2.28.